The highest BCUT2D eigenvalue weighted by atomic mass is 19.1. The lowest BCUT2D eigenvalue weighted by molar-refractivity contribution is -0.140. The molecule has 1 aliphatic rings. The summed E-state index contributed by atoms with van der Waals surface area (Å²) in [5, 5.41) is 3.26. The van der Waals surface area contributed by atoms with Crippen LogP contribution in [0.15, 0.2) is 18.2 Å². The maximum absolute atomic E-state index is 13.7. The number of methoxy groups -OCH3 is 1. The van der Waals surface area contributed by atoms with E-state index in [0.29, 0.717) is 6.54 Å². The highest BCUT2D eigenvalue weighted by Crippen LogP contribution is 2.32. The summed E-state index contributed by atoms with van der Waals surface area (Å²) < 4.78 is 18.6. The fourth-order valence-electron chi connectivity index (χ4n) is 2.94. The van der Waals surface area contributed by atoms with Crippen LogP contribution in [0.3, 0.4) is 0 Å². The maximum atomic E-state index is 13.7. The van der Waals surface area contributed by atoms with Crippen LogP contribution in [-0.2, 0) is 11.3 Å². The first-order valence-electron chi connectivity index (χ1n) is 7.31. The highest BCUT2D eigenvalue weighted by molar-refractivity contribution is 5.83. The molecule has 0 bridgehead atoms. The van der Waals surface area contributed by atoms with Crippen LogP contribution in [0.5, 0.6) is 5.75 Å². The topological polar surface area (TPSA) is 41.6 Å². The van der Waals surface area contributed by atoms with E-state index in [2.05, 4.69) is 5.32 Å². The first kappa shape index (κ1) is 15.8. The van der Waals surface area contributed by atoms with Gasteiger partial charge < -0.3 is 15.0 Å². The normalized spacial score (nSPS) is 21.3. The second-order valence-corrected chi connectivity index (χ2v) is 5.69. The summed E-state index contributed by atoms with van der Waals surface area (Å²) in [6.07, 6.45) is 1.68. The maximum Gasteiger partial charge on any atom is 0.230 e. The van der Waals surface area contributed by atoms with Gasteiger partial charge in [0.05, 0.1) is 12.5 Å². The molecule has 1 aromatic carbocycles. The number of hydrogen-bond acceptors (Lipinski definition) is 3. The first-order chi connectivity index (χ1) is 10.0. The fraction of sp³-hybridized carbons (Fsp3) is 0.562. The van der Waals surface area contributed by atoms with Crippen LogP contribution in [0, 0.1) is 11.2 Å². The van der Waals surface area contributed by atoms with Crippen molar-refractivity contribution in [2.24, 2.45) is 5.41 Å². The van der Waals surface area contributed by atoms with E-state index >= 15 is 0 Å². The number of rotatable bonds is 5. The van der Waals surface area contributed by atoms with Crippen molar-refractivity contribution in [2.45, 2.75) is 26.3 Å². The van der Waals surface area contributed by atoms with Crippen LogP contribution in [-0.4, -0.2) is 38.1 Å². The Morgan fingerprint density at radius 1 is 1.52 bits per heavy atom. The molecule has 0 aliphatic carbocycles. The van der Waals surface area contributed by atoms with E-state index in [4.69, 9.17) is 4.74 Å². The van der Waals surface area contributed by atoms with Gasteiger partial charge in [-0.25, -0.2) is 4.39 Å². The molecule has 1 fully saturated rings. The predicted molar refractivity (Wildman–Crippen MR) is 79.6 cm³/mol. The molecule has 116 valence electrons. The van der Waals surface area contributed by atoms with Crippen molar-refractivity contribution >= 4 is 5.91 Å². The molecule has 1 amide bonds. The second-order valence-electron chi connectivity index (χ2n) is 5.69. The molecule has 0 spiro atoms. The van der Waals surface area contributed by atoms with Crippen LogP contribution < -0.4 is 10.1 Å². The Morgan fingerprint density at radius 2 is 2.29 bits per heavy atom. The number of benzene rings is 1. The van der Waals surface area contributed by atoms with Crippen molar-refractivity contribution in [2.75, 3.05) is 27.2 Å². The number of nitrogens with one attached hydrogen (secondary N) is 1. The van der Waals surface area contributed by atoms with Gasteiger partial charge in [0.15, 0.2) is 11.6 Å². The van der Waals surface area contributed by atoms with E-state index in [0.717, 1.165) is 31.5 Å². The SMILES string of the molecule is CCC1(C(=O)N(C)Cc2ccc(OC)c(F)c2)CCNC1. The summed E-state index contributed by atoms with van der Waals surface area (Å²) in [6, 6.07) is 4.81. The average molecular weight is 294 g/mol. The van der Waals surface area contributed by atoms with E-state index in [1.807, 2.05) is 6.92 Å². The van der Waals surface area contributed by atoms with Crippen molar-refractivity contribution in [3.05, 3.63) is 29.6 Å². The van der Waals surface area contributed by atoms with Crippen LogP contribution in [0.1, 0.15) is 25.3 Å². The molecule has 5 heteroatoms. The van der Waals surface area contributed by atoms with Gasteiger partial charge in [-0.2, -0.15) is 0 Å². The van der Waals surface area contributed by atoms with Crippen LogP contribution in [0.2, 0.25) is 0 Å². The summed E-state index contributed by atoms with van der Waals surface area (Å²) >= 11 is 0. The standard InChI is InChI=1S/C16H23FN2O2/c1-4-16(7-8-18-11-16)15(20)19(2)10-12-5-6-14(21-3)13(17)9-12/h5-6,9,18H,4,7-8,10-11H2,1-3H3. The fourth-order valence-corrected chi connectivity index (χ4v) is 2.94. The van der Waals surface area contributed by atoms with Crippen molar-refractivity contribution in [3.8, 4) is 5.75 Å². The van der Waals surface area contributed by atoms with Crippen molar-refractivity contribution in [1.82, 2.24) is 10.2 Å². The Labute approximate surface area is 125 Å². The van der Waals surface area contributed by atoms with Gasteiger partial charge in [-0.3, -0.25) is 4.79 Å². The minimum absolute atomic E-state index is 0.131. The van der Waals surface area contributed by atoms with Gasteiger partial charge >= 0.3 is 0 Å². The Balaban J connectivity index is 2.08. The molecular formula is C16H23FN2O2. The third-order valence-corrected chi connectivity index (χ3v) is 4.36. The largest absolute Gasteiger partial charge is 0.494 e. The van der Waals surface area contributed by atoms with Crippen molar-refractivity contribution in [1.29, 1.82) is 0 Å². The van der Waals surface area contributed by atoms with Crippen molar-refractivity contribution < 1.29 is 13.9 Å². The number of halogens is 1. The van der Waals surface area contributed by atoms with Gasteiger partial charge in [-0.1, -0.05) is 13.0 Å². The molecule has 1 saturated heterocycles. The van der Waals surface area contributed by atoms with E-state index in [9.17, 15) is 9.18 Å². The molecule has 0 aromatic heterocycles. The van der Waals surface area contributed by atoms with Crippen LogP contribution in [0.4, 0.5) is 4.39 Å². The minimum atomic E-state index is -0.399. The minimum Gasteiger partial charge on any atom is -0.494 e. The summed E-state index contributed by atoms with van der Waals surface area (Å²) in [5.74, 6) is -0.0486. The molecule has 21 heavy (non-hydrogen) atoms. The van der Waals surface area contributed by atoms with Gasteiger partial charge in [-0.05, 0) is 37.1 Å². The average Bonchev–Trinajstić information content (AvgIpc) is 2.96. The zero-order valence-electron chi connectivity index (χ0n) is 12.9. The number of hydrogen-bond donors (Lipinski definition) is 1. The van der Waals surface area contributed by atoms with Gasteiger partial charge in [0.1, 0.15) is 0 Å². The molecule has 0 radical (unpaired) electrons. The molecule has 4 nitrogen and oxygen atoms in total. The molecule has 2 rings (SSSR count). The summed E-state index contributed by atoms with van der Waals surface area (Å²) in [4.78, 5) is 14.4. The number of amides is 1. The molecular weight excluding hydrogens is 271 g/mol. The molecule has 1 unspecified atom stereocenters. The summed E-state index contributed by atoms with van der Waals surface area (Å²) in [7, 11) is 3.21. The third kappa shape index (κ3) is 3.18. The lowest BCUT2D eigenvalue weighted by Gasteiger charge is -2.31. The lowest BCUT2D eigenvalue weighted by atomic mass is 9.83. The number of ether oxygens (including phenoxy) is 1. The van der Waals surface area contributed by atoms with Crippen LogP contribution in [0.25, 0.3) is 0 Å². The molecule has 1 N–H and O–H groups in total. The van der Waals surface area contributed by atoms with E-state index in [1.54, 1.807) is 24.1 Å². The number of nitrogens with zero attached hydrogens (tertiary/aromatic N) is 1. The Morgan fingerprint density at radius 3 is 2.81 bits per heavy atom. The molecule has 1 aliphatic heterocycles. The smallest absolute Gasteiger partial charge is 0.230 e. The predicted octanol–water partition coefficient (Wildman–Crippen LogP) is 2.18. The van der Waals surface area contributed by atoms with Gasteiger partial charge in [0, 0.05) is 20.1 Å². The zero-order chi connectivity index (χ0) is 15.5. The molecule has 1 heterocycles. The Hall–Kier alpha value is -1.62. The van der Waals surface area contributed by atoms with E-state index in [-0.39, 0.29) is 17.1 Å². The molecule has 0 saturated carbocycles. The molecule has 1 aromatic rings. The van der Waals surface area contributed by atoms with Crippen LogP contribution >= 0.6 is 0 Å². The lowest BCUT2D eigenvalue weighted by Crippen LogP contribution is -2.42. The quantitative estimate of drug-likeness (QED) is 0.905. The molecule has 1 atom stereocenters. The number of carbonyl (C=O) groups is 1. The Bertz CT molecular complexity index is 513. The zero-order valence-corrected chi connectivity index (χ0v) is 12.9. The van der Waals surface area contributed by atoms with E-state index in [1.165, 1.54) is 13.2 Å². The second kappa shape index (κ2) is 6.43. The number of carbonyl (C=O) groups excluding carboxylic acids is 1. The third-order valence-electron chi connectivity index (χ3n) is 4.36. The van der Waals surface area contributed by atoms with E-state index < -0.39 is 5.82 Å². The highest BCUT2D eigenvalue weighted by Gasteiger charge is 2.41. The van der Waals surface area contributed by atoms with Gasteiger partial charge in [0.2, 0.25) is 5.91 Å². The van der Waals surface area contributed by atoms with Crippen molar-refractivity contribution in [3.63, 3.8) is 0 Å². The summed E-state index contributed by atoms with van der Waals surface area (Å²) in [5.41, 5.74) is 0.459. The van der Waals surface area contributed by atoms with Gasteiger partial charge in [0.25, 0.3) is 0 Å². The Kier molecular flexibility index (Phi) is 4.83. The van der Waals surface area contributed by atoms with Gasteiger partial charge in [-0.15, -0.1) is 0 Å². The summed E-state index contributed by atoms with van der Waals surface area (Å²) in [6.45, 7) is 4.06. The monoisotopic (exact) mass is 294 g/mol. The first-order valence-corrected chi connectivity index (χ1v) is 7.31.